The number of carbonyl (C=O) groups is 2. The molecule has 1 aliphatic carbocycles. The van der Waals surface area contributed by atoms with Crippen molar-refractivity contribution in [1.29, 1.82) is 0 Å². The second-order valence-electron chi connectivity index (χ2n) is 10.1. The Morgan fingerprint density at radius 2 is 1.74 bits per heavy atom. The number of halogens is 2. The van der Waals surface area contributed by atoms with Gasteiger partial charge in [-0.2, -0.15) is 4.98 Å². The number of nitrogens with one attached hydrogen (secondary N) is 2. The van der Waals surface area contributed by atoms with Gasteiger partial charge in [0.25, 0.3) is 0 Å². The van der Waals surface area contributed by atoms with E-state index in [0.717, 1.165) is 31.2 Å². The maximum absolute atomic E-state index is 14.2. The third-order valence-corrected chi connectivity index (χ3v) is 8.22. The third-order valence-electron chi connectivity index (χ3n) is 7.49. The van der Waals surface area contributed by atoms with Crippen LogP contribution in [0.25, 0.3) is 0 Å². The largest absolute Gasteiger partial charge is 0.495 e. The lowest BCUT2D eigenvalue weighted by molar-refractivity contribution is -0.117. The van der Waals surface area contributed by atoms with Crippen LogP contribution >= 0.6 is 23.2 Å². The van der Waals surface area contributed by atoms with Gasteiger partial charge in [0.1, 0.15) is 27.4 Å². The zero-order valence-electron chi connectivity index (χ0n) is 23.4. The maximum Gasteiger partial charge on any atom is 0.330 e. The van der Waals surface area contributed by atoms with Gasteiger partial charge in [0.05, 0.1) is 33.0 Å². The zero-order chi connectivity index (χ0) is 29.8. The molecule has 43 heavy (non-hydrogen) atoms. The van der Waals surface area contributed by atoms with Crippen LogP contribution in [-0.2, 0) is 17.9 Å². The Kier molecular flexibility index (Phi) is 10.4. The first-order valence-electron chi connectivity index (χ1n) is 13.6. The number of carbonyl (C=O) groups excluding carboxylic acids is 2. The minimum atomic E-state index is -0.371. The van der Waals surface area contributed by atoms with Crippen molar-refractivity contribution in [2.24, 2.45) is 0 Å². The number of amides is 3. The fourth-order valence-corrected chi connectivity index (χ4v) is 6.07. The van der Waals surface area contributed by atoms with Crippen LogP contribution in [0.5, 0.6) is 11.5 Å². The molecule has 0 saturated heterocycles. The van der Waals surface area contributed by atoms with Crippen LogP contribution in [0, 0.1) is 0 Å². The lowest BCUT2D eigenvalue weighted by atomic mass is 9.90. The lowest BCUT2D eigenvalue weighted by Crippen LogP contribution is -2.49. The van der Waals surface area contributed by atoms with Gasteiger partial charge in [-0.05, 0) is 24.5 Å². The number of methoxy groups -OCH3 is 2. The van der Waals surface area contributed by atoms with E-state index in [4.69, 9.17) is 37.7 Å². The quantitative estimate of drug-likeness (QED) is 0.257. The molecule has 2 aliphatic rings. The molecule has 0 spiro atoms. The Labute approximate surface area is 262 Å². The van der Waals surface area contributed by atoms with Crippen LogP contribution in [0.15, 0.2) is 55.3 Å². The van der Waals surface area contributed by atoms with Gasteiger partial charge in [-0.25, -0.2) is 9.78 Å². The number of fused-ring (bicyclic) bond motifs is 1. The van der Waals surface area contributed by atoms with Gasteiger partial charge in [0.2, 0.25) is 11.9 Å². The minimum absolute atomic E-state index is 0. The van der Waals surface area contributed by atoms with Crippen molar-refractivity contribution < 1.29 is 19.1 Å². The third kappa shape index (κ3) is 6.65. The smallest absolute Gasteiger partial charge is 0.330 e. The molecule has 10 nitrogen and oxygen atoms in total. The van der Waals surface area contributed by atoms with Crippen molar-refractivity contribution in [3.8, 4) is 11.5 Å². The highest BCUT2D eigenvalue weighted by Crippen LogP contribution is 2.48. The van der Waals surface area contributed by atoms with Gasteiger partial charge in [-0.15, -0.1) is 0 Å². The van der Waals surface area contributed by atoms with Crippen LogP contribution < -0.4 is 29.9 Å². The normalized spacial score (nSPS) is 17.8. The van der Waals surface area contributed by atoms with Gasteiger partial charge in [-0.3, -0.25) is 14.6 Å². The second-order valence-corrected chi connectivity index (χ2v) is 10.9. The molecule has 2 aromatic carbocycles. The van der Waals surface area contributed by atoms with Crippen molar-refractivity contribution in [3.05, 3.63) is 76.4 Å². The molecule has 1 fully saturated rings. The van der Waals surface area contributed by atoms with Crippen molar-refractivity contribution in [2.75, 3.05) is 29.3 Å². The predicted molar refractivity (Wildman–Crippen MR) is 171 cm³/mol. The van der Waals surface area contributed by atoms with E-state index in [1.54, 1.807) is 17.2 Å². The summed E-state index contributed by atoms with van der Waals surface area (Å²) in [5.41, 5.74) is 1.88. The summed E-state index contributed by atoms with van der Waals surface area (Å²) in [6.07, 6.45) is 6.68. The molecular formula is C31H36Cl2N6O4. The second kappa shape index (κ2) is 14.0. The number of anilines is 3. The van der Waals surface area contributed by atoms with E-state index in [1.807, 2.05) is 30.3 Å². The van der Waals surface area contributed by atoms with Gasteiger partial charge in [0.15, 0.2) is 0 Å². The summed E-state index contributed by atoms with van der Waals surface area (Å²) >= 11 is 13.4. The molecule has 0 unspecified atom stereocenters. The molecule has 3 amide bonds. The lowest BCUT2D eigenvalue weighted by Gasteiger charge is -2.37. The zero-order valence-corrected chi connectivity index (χ0v) is 24.9. The predicted octanol–water partition coefficient (Wildman–Crippen LogP) is 6.61. The van der Waals surface area contributed by atoms with E-state index in [0.29, 0.717) is 28.8 Å². The number of nitrogens with zero attached hydrogens (tertiary/aromatic N) is 4. The highest BCUT2D eigenvalue weighted by Gasteiger charge is 2.37. The molecule has 3 aromatic rings. The fraction of sp³-hybridized carbons (Fsp3) is 0.355. The van der Waals surface area contributed by atoms with E-state index >= 15 is 0 Å². The average Bonchev–Trinajstić information content (AvgIpc) is 3.01. The molecule has 1 aliphatic heterocycles. The Morgan fingerprint density at radius 3 is 2.37 bits per heavy atom. The molecule has 228 valence electrons. The summed E-state index contributed by atoms with van der Waals surface area (Å²) in [6.45, 7) is 3.93. The van der Waals surface area contributed by atoms with E-state index < -0.39 is 0 Å². The number of urea groups is 1. The van der Waals surface area contributed by atoms with Crippen LogP contribution in [-0.4, -0.2) is 48.2 Å². The molecule has 5 rings (SSSR count). The van der Waals surface area contributed by atoms with Crippen molar-refractivity contribution in [3.63, 3.8) is 0 Å². The molecule has 0 radical (unpaired) electrons. The van der Waals surface area contributed by atoms with Gasteiger partial charge >= 0.3 is 6.03 Å². The number of benzene rings is 2. The fourth-order valence-electron chi connectivity index (χ4n) is 5.36. The standard InChI is InChI=1S/C30H32Cl2N6O4.CH4/c1-4-24(39)34-20-12-8-9-13-21(20)35-29-33-15-19-17-37(27-25(31)22(41-2)14-23(42-3)26(27)32)30(40)38(28(19)36-29)16-18-10-6-5-7-11-18;/h4-7,10-11,14-15,20-21H,1,8-9,12-13,16-17H2,2-3H3,(H,34,39)(H,33,35,36);1H4/t20-,21+;/m0./s1. The molecule has 0 bridgehead atoms. The van der Waals surface area contributed by atoms with Crippen molar-refractivity contribution >= 4 is 52.6 Å². The van der Waals surface area contributed by atoms with E-state index in [-0.39, 0.29) is 60.3 Å². The number of hydrogen-bond acceptors (Lipinski definition) is 7. The Balaban J connectivity index is 0.00000423. The summed E-state index contributed by atoms with van der Waals surface area (Å²) < 4.78 is 10.9. The summed E-state index contributed by atoms with van der Waals surface area (Å²) in [7, 11) is 2.96. The molecule has 12 heteroatoms. The molecule has 2 N–H and O–H groups in total. The van der Waals surface area contributed by atoms with Crippen LogP contribution in [0.4, 0.5) is 22.2 Å². The number of rotatable bonds is 9. The molecule has 1 aromatic heterocycles. The van der Waals surface area contributed by atoms with Gasteiger partial charge in [0, 0.05) is 29.9 Å². The van der Waals surface area contributed by atoms with E-state index in [1.165, 1.54) is 25.2 Å². The molecule has 1 saturated carbocycles. The van der Waals surface area contributed by atoms with Gasteiger partial charge in [-0.1, -0.05) is 80.4 Å². The summed E-state index contributed by atoms with van der Waals surface area (Å²) in [5.74, 6) is 1.27. The molecular weight excluding hydrogens is 591 g/mol. The van der Waals surface area contributed by atoms with E-state index in [2.05, 4.69) is 22.2 Å². The Morgan fingerprint density at radius 1 is 1.09 bits per heavy atom. The highest BCUT2D eigenvalue weighted by atomic mass is 35.5. The first-order valence-corrected chi connectivity index (χ1v) is 14.4. The minimum Gasteiger partial charge on any atom is -0.495 e. The first-order chi connectivity index (χ1) is 20.3. The number of aromatic nitrogens is 2. The van der Waals surface area contributed by atoms with Crippen LogP contribution in [0.1, 0.15) is 44.2 Å². The topological polar surface area (TPSA) is 109 Å². The molecule has 2 atom stereocenters. The Hall–Kier alpha value is -4.02. The van der Waals surface area contributed by atoms with Crippen molar-refractivity contribution in [2.45, 2.75) is 58.3 Å². The summed E-state index contributed by atoms with van der Waals surface area (Å²) in [4.78, 5) is 38.7. The molecule has 2 heterocycles. The summed E-state index contributed by atoms with van der Waals surface area (Å²) in [5, 5.41) is 6.78. The van der Waals surface area contributed by atoms with Crippen LogP contribution in [0.3, 0.4) is 0 Å². The maximum atomic E-state index is 14.2. The van der Waals surface area contributed by atoms with Gasteiger partial charge < -0.3 is 20.1 Å². The monoisotopic (exact) mass is 626 g/mol. The highest BCUT2D eigenvalue weighted by molar-refractivity contribution is 6.42. The van der Waals surface area contributed by atoms with Crippen LogP contribution in [0.2, 0.25) is 10.0 Å². The number of hydrogen-bond donors (Lipinski definition) is 2. The SMILES string of the molecule is C.C=CC(=O)N[C@H]1CCCC[C@H]1Nc1ncc2c(n1)N(Cc1ccccc1)C(=O)N(c1c(Cl)c(OC)cc(OC)c1Cl)C2. The average molecular weight is 628 g/mol. The summed E-state index contributed by atoms with van der Waals surface area (Å²) in [6, 6.07) is 10.7. The number of ether oxygens (including phenoxy) is 2. The Bertz CT molecular complexity index is 1460. The van der Waals surface area contributed by atoms with Crippen molar-refractivity contribution in [1.82, 2.24) is 15.3 Å². The van der Waals surface area contributed by atoms with E-state index in [9.17, 15) is 9.59 Å². The first kappa shape index (κ1) is 31.9.